The summed E-state index contributed by atoms with van der Waals surface area (Å²) in [7, 11) is 0. The van der Waals surface area contributed by atoms with Crippen molar-refractivity contribution in [1.82, 2.24) is 9.36 Å². The third kappa shape index (κ3) is 3.95. The molecule has 2 aromatic carbocycles. The number of anilines is 1. The molecule has 0 atom stereocenters. The minimum absolute atomic E-state index is 0.0138. The molecule has 0 radical (unpaired) electrons. The number of aromatic nitrogens is 2. The maximum atomic E-state index is 13.8. The molecule has 128 valence electrons. The highest BCUT2D eigenvalue weighted by atomic mass is 35.5. The summed E-state index contributed by atoms with van der Waals surface area (Å²) in [6, 6.07) is 10.2. The molecule has 0 saturated carbocycles. The summed E-state index contributed by atoms with van der Waals surface area (Å²) < 4.78 is 31.6. The fraction of sp³-hybridized carbons (Fsp3) is 0.0625. The molecule has 0 aliphatic carbocycles. The van der Waals surface area contributed by atoms with Gasteiger partial charge in [0.15, 0.2) is 10.7 Å². The lowest BCUT2D eigenvalue weighted by molar-refractivity contribution is -0.114. The average Bonchev–Trinajstić information content (AvgIpc) is 3.05. The van der Waals surface area contributed by atoms with E-state index in [0.29, 0.717) is 16.3 Å². The van der Waals surface area contributed by atoms with Crippen LogP contribution < -0.4 is 5.32 Å². The summed E-state index contributed by atoms with van der Waals surface area (Å²) in [6.07, 6.45) is 0. The van der Waals surface area contributed by atoms with Crippen LogP contribution in [0.5, 0.6) is 0 Å². The summed E-state index contributed by atoms with van der Waals surface area (Å²) >= 11 is 12.0. The molecule has 9 heteroatoms. The summed E-state index contributed by atoms with van der Waals surface area (Å²) in [5.74, 6) is -2.00. The van der Waals surface area contributed by atoms with E-state index in [9.17, 15) is 13.6 Å². The van der Waals surface area contributed by atoms with Gasteiger partial charge in [-0.25, -0.2) is 13.8 Å². The predicted molar refractivity (Wildman–Crippen MR) is 94.8 cm³/mol. The van der Waals surface area contributed by atoms with Gasteiger partial charge >= 0.3 is 0 Å². The zero-order valence-electron chi connectivity index (χ0n) is 12.3. The van der Waals surface area contributed by atoms with E-state index >= 15 is 0 Å². The summed E-state index contributed by atoms with van der Waals surface area (Å²) in [4.78, 5) is 14.4. The quantitative estimate of drug-likeness (QED) is 0.635. The summed E-state index contributed by atoms with van der Waals surface area (Å²) in [6.45, 7) is 0. The smallest absolute Gasteiger partial charge is 0.257 e. The average molecular weight is 400 g/mol. The van der Waals surface area contributed by atoms with Crippen LogP contribution in [0.4, 0.5) is 14.5 Å². The minimum atomic E-state index is -1.17. The molecule has 0 aliphatic heterocycles. The largest absolute Gasteiger partial charge is 0.324 e. The first-order valence-corrected chi connectivity index (χ1v) is 8.58. The van der Waals surface area contributed by atoms with Crippen molar-refractivity contribution in [3.8, 4) is 22.0 Å². The molecule has 1 amide bonds. The Morgan fingerprint density at radius 3 is 2.32 bits per heavy atom. The first kappa shape index (κ1) is 17.7. The predicted octanol–water partition coefficient (Wildman–Crippen LogP) is 4.89. The molecule has 0 bridgehead atoms. The number of nitrogens with one attached hydrogen (secondary N) is 1. The molecule has 0 spiro atoms. The number of amides is 1. The normalized spacial score (nSPS) is 10.9. The number of hydrogen-bond acceptors (Lipinski definition) is 4. The zero-order chi connectivity index (χ0) is 18.0. The van der Waals surface area contributed by atoms with Gasteiger partial charge in [-0.15, -0.1) is 0 Å². The van der Waals surface area contributed by atoms with Crippen molar-refractivity contribution < 1.29 is 13.6 Å². The number of carbonyl (C=O) groups is 1. The van der Waals surface area contributed by atoms with E-state index in [2.05, 4.69) is 14.7 Å². The lowest BCUT2D eigenvalue weighted by Gasteiger charge is -2.05. The van der Waals surface area contributed by atoms with Gasteiger partial charge in [0.2, 0.25) is 0 Å². The number of benzene rings is 2. The lowest BCUT2D eigenvalue weighted by Crippen LogP contribution is -2.18. The molecular weight excluding hydrogens is 391 g/mol. The maximum absolute atomic E-state index is 13.8. The van der Waals surface area contributed by atoms with Crippen LogP contribution in [0.15, 0.2) is 42.5 Å². The Bertz CT molecular complexity index is 896. The van der Waals surface area contributed by atoms with E-state index in [0.717, 1.165) is 23.7 Å². The van der Waals surface area contributed by atoms with Gasteiger partial charge < -0.3 is 5.32 Å². The number of alkyl halides is 2. The third-order valence-electron chi connectivity index (χ3n) is 3.21. The molecular formula is C16H9Cl2F2N3OS. The molecule has 3 aromatic rings. The lowest BCUT2D eigenvalue weighted by atomic mass is 10.2. The topological polar surface area (TPSA) is 54.9 Å². The van der Waals surface area contributed by atoms with E-state index in [4.69, 9.17) is 23.2 Å². The van der Waals surface area contributed by atoms with Gasteiger partial charge in [-0.1, -0.05) is 29.3 Å². The second-order valence-electron chi connectivity index (χ2n) is 4.89. The molecule has 0 fully saturated rings. The fourth-order valence-corrected chi connectivity index (χ4v) is 2.83. The second kappa shape index (κ2) is 7.43. The van der Waals surface area contributed by atoms with Gasteiger partial charge in [0.25, 0.3) is 5.91 Å². The molecule has 3 rings (SSSR count). The van der Waals surface area contributed by atoms with Crippen LogP contribution in [0.1, 0.15) is 0 Å². The highest BCUT2D eigenvalue weighted by molar-refractivity contribution is 7.09. The molecule has 1 N–H and O–H groups in total. The van der Waals surface area contributed by atoms with Crippen molar-refractivity contribution in [3.05, 3.63) is 54.1 Å². The Hall–Kier alpha value is -2.09. The SMILES string of the molecule is O=C(Nc1ccc(-c2nc(-c3c(F)cccc3F)ns2)cc1)C(Cl)Cl. The van der Waals surface area contributed by atoms with E-state index in [-0.39, 0.29) is 11.4 Å². The van der Waals surface area contributed by atoms with Gasteiger partial charge in [0.05, 0.1) is 5.56 Å². The number of hydrogen-bond donors (Lipinski definition) is 1. The Labute approximate surface area is 155 Å². The van der Waals surface area contributed by atoms with Gasteiger partial charge in [0, 0.05) is 11.3 Å². The van der Waals surface area contributed by atoms with Crippen molar-refractivity contribution in [3.63, 3.8) is 0 Å². The van der Waals surface area contributed by atoms with Crippen LogP contribution >= 0.6 is 34.7 Å². The standard InChI is InChI=1S/C16H9Cl2F2N3OS/c17-13(18)15(24)21-9-6-4-8(5-7-9)16-22-14(23-25-16)12-10(19)2-1-3-11(12)20/h1-7,13H,(H,21,24). The monoisotopic (exact) mass is 399 g/mol. The minimum Gasteiger partial charge on any atom is -0.324 e. The first-order valence-electron chi connectivity index (χ1n) is 6.93. The van der Waals surface area contributed by atoms with Crippen molar-refractivity contribution in [2.45, 2.75) is 4.84 Å². The highest BCUT2D eigenvalue weighted by Gasteiger charge is 2.17. The van der Waals surface area contributed by atoms with Gasteiger partial charge in [-0.2, -0.15) is 4.37 Å². The number of carbonyl (C=O) groups excluding carboxylic acids is 1. The molecule has 0 aliphatic rings. The number of rotatable bonds is 4. The summed E-state index contributed by atoms with van der Waals surface area (Å²) in [5, 5.41) is 3.02. The Balaban J connectivity index is 1.84. The Kier molecular flexibility index (Phi) is 5.27. The molecule has 0 unspecified atom stereocenters. The van der Waals surface area contributed by atoms with Gasteiger partial charge in [-0.3, -0.25) is 4.79 Å². The molecule has 0 saturated heterocycles. The van der Waals surface area contributed by atoms with Crippen LogP contribution in [0.2, 0.25) is 0 Å². The molecule has 1 aromatic heterocycles. The van der Waals surface area contributed by atoms with Crippen LogP contribution in [0.3, 0.4) is 0 Å². The van der Waals surface area contributed by atoms with Crippen molar-refractivity contribution in [1.29, 1.82) is 0 Å². The fourth-order valence-electron chi connectivity index (χ4n) is 2.05. The first-order chi connectivity index (χ1) is 12.0. The van der Waals surface area contributed by atoms with E-state index in [1.54, 1.807) is 24.3 Å². The zero-order valence-corrected chi connectivity index (χ0v) is 14.7. The second-order valence-corrected chi connectivity index (χ2v) is 6.74. The van der Waals surface area contributed by atoms with Crippen LogP contribution in [0.25, 0.3) is 22.0 Å². The van der Waals surface area contributed by atoms with Crippen LogP contribution in [-0.2, 0) is 4.79 Å². The number of halogens is 4. The Morgan fingerprint density at radius 2 is 1.72 bits per heavy atom. The van der Waals surface area contributed by atoms with Gasteiger partial charge in [-0.05, 0) is 47.9 Å². The molecule has 25 heavy (non-hydrogen) atoms. The van der Waals surface area contributed by atoms with Crippen molar-refractivity contribution in [2.75, 3.05) is 5.32 Å². The van der Waals surface area contributed by atoms with E-state index < -0.39 is 22.4 Å². The maximum Gasteiger partial charge on any atom is 0.257 e. The van der Waals surface area contributed by atoms with E-state index in [1.165, 1.54) is 6.07 Å². The Morgan fingerprint density at radius 1 is 1.08 bits per heavy atom. The molecule has 4 nitrogen and oxygen atoms in total. The van der Waals surface area contributed by atoms with Gasteiger partial charge in [0.1, 0.15) is 16.6 Å². The van der Waals surface area contributed by atoms with Crippen LogP contribution in [0, 0.1) is 11.6 Å². The third-order valence-corrected chi connectivity index (χ3v) is 4.37. The highest BCUT2D eigenvalue weighted by Crippen LogP contribution is 2.29. The molecule has 1 heterocycles. The van der Waals surface area contributed by atoms with Crippen molar-refractivity contribution >= 4 is 46.3 Å². The van der Waals surface area contributed by atoms with Crippen molar-refractivity contribution in [2.24, 2.45) is 0 Å². The van der Waals surface area contributed by atoms with Crippen LogP contribution in [-0.4, -0.2) is 20.1 Å². The number of nitrogens with zero attached hydrogens (tertiary/aromatic N) is 2. The van der Waals surface area contributed by atoms with E-state index in [1.807, 2.05) is 0 Å². The summed E-state index contributed by atoms with van der Waals surface area (Å²) in [5.41, 5.74) is 0.931.